The number of esters is 1. The van der Waals surface area contributed by atoms with Crippen LogP contribution in [0.3, 0.4) is 0 Å². The molecule has 2 aliphatic heterocycles. The van der Waals surface area contributed by atoms with Crippen LogP contribution in [0.5, 0.6) is 5.75 Å². The molecule has 0 aromatic heterocycles. The average Bonchev–Trinajstić information content (AvgIpc) is 3.14. The van der Waals surface area contributed by atoms with Gasteiger partial charge in [-0.15, -0.1) is 0 Å². The highest BCUT2D eigenvalue weighted by Crippen LogP contribution is 2.46. The van der Waals surface area contributed by atoms with Crippen molar-refractivity contribution in [2.75, 3.05) is 27.0 Å². The lowest BCUT2D eigenvalue weighted by molar-refractivity contribution is 0.0593. The van der Waals surface area contributed by atoms with Crippen molar-refractivity contribution in [3.63, 3.8) is 0 Å². The first-order chi connectivity index (χ1) is 14.6. The minimum absolute atomic E-state index is 0.0980. The lowest BCUT2D eigenvalue weighted by Crippen LogP contribution is -2.30. The van der Waals surface area contributed by atoms with Gasteiger partial charge in [-0.2, -0.15) is 0 Å². The van der Waals surface area contributed by atoms with Gasteiger partial charge in [0.2, 0.25) is 0 Å². The van der Waals surface area contributed by atoms with Crippen LogP contribution in [0.25, 0.3) is 0 Å². The van der Waals surface area contributed by atoms with E-state index < -0.39 is 24.7 Å². The lowest BCUT2D eigenvalue weighted by Gasteiger charge is -2.16. The highest BCUT2D eigenvalue weighted by Gasteiger charge is 2.54. The quantitative estimate of drug-likeness (QED) is 0.766. The Bertz CT molecular complexity index is 985. The molecule has 0 radical (unpaired) electrons. The molecule has 0 bridgehead atoms. The van der Waals surface area contributed by atoms with E-state index in [9.17, 15) is 14.0 Å². The predicted molar refractivity (Wildman–Crippen MR) is 106 cm³/mol. The Morgan fingerprint density at radius 2 is 1.90 bits per heavy atom. The summed E-state index contributed by atoms with van der Waals surface area (Å²) in [6, 6.07) is 12.7. The van der Waals surface area contributed by atoms with Crippen LogP contribution in [0.15, 0.2) is 42.5 Å². The smallest absolute Gasteiger partial charge is 0.341 e. The number of alkyl halides is 1. The molecule has 1 saturated heterocycles. The van der Waals surface area contributed by atoms with Crippen molar-refractivity contribution in [2.45, 2.75) is 18.1 Å². The van der Waals surface area contributed by atoms with E-state index in [1.165, 1.54) is 13.2 Å². The van der Waals surface area contributed by atoms with Gasteiger partial charge in [0.15, 0.2) is 0 Å². The normalized spacial score (nSPS) is 28.3. The van der Waals surface area contributed by atoms with E-state index in [4.69, 9.17) is 14.2 Å². The molecule has 1 saturated carbocycles. The van der Waals surface area contributed by atoms with Gasteiger partial charge >= 0.3 is 5.97 Å². The monoisotopic (exact) mass is 411 g/mol. The number of carbonyl (C=O) groups excluding carboxylic acids is 2. The molecule has 30 heavy (non-hydrogen) atoms. The Morgan fingerprint density at radius 3 is 2.57 bits per heavy atom. The van der Waals surface area contributed by atoms with Gasteiger partial charge in [-0.05, 0) is 17.7 Å². The second kappa shape index (κ2) is 7.40. The topological polar surface area (TPSA) is 73.9 Å². The Labute approximate surface area is 173 Å². The maximum atomic E-state index is 13.9. The molecule has 2 fully saturated rings. The highest BCUT2D eigenvalue weighted by atomic mass is 19.1. The second-order valence-electron chi connectivity index (χ2n) is 8.00. The first kappa shape index (κ1) is 19.1. The van der Waals surface area contributed by atoms with Crippen molar-refractivity contribution < 1.29 is 28.2 Å². The standard InChI is InChI=1S/C23H22FNO5/c1-28-23(27)15-8-13(22(26)25-20-16-10-29-11-17(16)20)7-14-19(12-5-3-2-4-6-12)18(9-24)30-21(14)15/h2-8,16-20H,9-11H2,1H3,(H,25,26)/t16?,17?,18?,19-,20?/m0/s1. The first-order valence-corrected chi connectivity index (χ1v) is 10.0. The summed E-state index contributed by atoms with van der Waals surface area (Å²) < 4.78 is 30.0. The van der Waals surface area contributed by atoms with Gasteiger partial charge in [-0.25, -0.2) is 9.18 Å². The molecule has 1 aliphatic carbocycles. The van der Waals surface area contributed by atoms with Crippen LogP contribution in [-0.2, 0) is 9.47 Å². The predicted octanol–water partition coefficient (Wildman–Crippen LogP) is 2.71. The van der Waals surface area contributed by atoms with Crippen LogP contribution in [0.2, 0.25) is 0 Å². The maximum Gasteiger partial charge on any atom is 0.341 e. The van der Waals surface area contributed by atoms with Crippen molar-refractivity contribution in [1.82, 2.24) is 5.32 Å². The van der Waals surface area contributed by atoms with E-state index in [2.05, 4.69) is 5.32 Å². The molecule has 2 heterocycles. The zero-order valence-corrected chi connectivity index (χ0v) is 16.5. The number of methoxy groups -OCH3 is 1. The van der Waals surface area contributed by atoms with Crippen molar-refractivity contribution in [3.8, 4) is 5.75 Å². The number of amides is 1. The molecular weight excluding hydrogens is 389 g/mol. The number of halogens is 1. The fourth-order valence-electron chi connectivity index (χ4n) is 4.69. The van der Waals surface area contributed by atoms with Crippen molar-refractivity contribution in [2.24, 2.45) is 11.8 Å². The number of benzene rings is 2. The summed E-state index contributed by atoms with van der Waals surface area (Å²) in [5, 5.41) is 3.04. The number of fused-ring (bicyclic) bond motifs is 2. The SMILES string of the molecule is COC(=O)c1cc(C(=O)NC2C3COCC32)cc2c1OC(CF)[C@H]2c1ccccc1. The summed E-state index contributed by atoms with van der Waals surface area (Å²) in [4.78, 5) is 25.4. The van der Waals surface area contributed by atoms with Crippen LogP contribution in [0.4, 0.5) is 4.39 Å². The van der Waals surface area contributed by atoms with Crippen LogP contribution in [0, 0.1) is 11.8 Å². The van der Waals surface area contributed by atoms with Gasteiger partial charge < -0.3 is 19.5 Å². The summed E-state index contributed by atoms with van der Waals surface area (Å²) in [5.41, 5.74) is 1.96. The zero-order valence-electron chi connectivity index (χ0n) is 16.5. The van der Waals surface area contributed by atoms with E-state index >= 15 is 0 Å². The van der Waals surface area contributed by atoms with E-state index in [-0.39, 0.29) is 23.3 Å². The minimum atomic E-state index is -0.774. The maximum absolute atomic E-state index is 13.9. The van der Waals surface area contributed by atoms with Crippen molar-refractivity contribution in [1.29, 1.82) is 0 Å². The molecule has 1 amide bonds. The molecule has 7 heteroatoms. The van der Waals surface area contributed by atoms with E-state index in [0.29, 0.717) is 36.2 Å². The van der Waals surface area contributed by atoms with E-state index in [1.54, 1.807) is 6.07 Å². The summed E-state index contributed by atoms with van der Waals surface area (Å²) >= 11 is 0. The third-order valence-corrected chi connectivity index (χ3v) is 6.32. The Morgan fingerprint density at radius 1 is 1.17 bits per heavy atom. The van der Waals surface area contributed by atoms with Gasteiger partial charge in [0.05, 0.1) is 26.2 Å². The first-order valence-electron chi connectivity index (χ1n) is 10.0. The van der Waals surface area contributed by atoms with Gasteiger partial charge in [0.1, 0.15) is 24.1 Å². The van der Waals surface area contributed by atoms with Gasteiger partial charge in [0.25, 0.3) is 5.91 Å². The van der Waals surface area contributed by atoms with Gasteiger partial charge in [-0.1, -0.05) is 30.3 Å². The third kappa shape index (κ3) is 3.04. The average molecular weight is 411 g/mol. The van der Waals surface area contributed by atoms with Gasteiger partial charge in [-0.3, -0.25) is 4.79 Å². The molecule has 5 rings (SSSR count). The molecule has 6 nitrogen and oxygen atoms in total. The molecule has 156 valence electrons. The number of rotatable bonds is 5. The van der Waals surface area contributed by atoms with Crippen LogP contribution in [-0.4, -0.2) is 51.0 Å². The molecule has 1 N–H and O–H groups in total. The Kier molecular flexibility index (Phi) is 4.70. The van der Waals surface area contributed by atoms with Crippen LogP contribution in [0.1, 0.15) is 37.8 Å². The number of hydrogen-bond acceptors (Lipinski definition) is 5. The van der Waals surface area contributed by atoms with Crippen molar-refractivity contribution >= 4 is 11.9 Å². The van der Waals surface area contributed by atoms with E-state index in [0.717, 1.165) is 5.56 Å². The summed E-state index contributed by atoms with van der Waals surface area (Å²) in [5.74, 6) is -0.302. The third-order valence-electron chi connectivity index (χ3n) is 6.32. The molecule has 3 unspecified atom stereocenters. The van der Waals surface area contributed by atoms with Crippen LogP contribution < -0.4 is 10.1 Å². The molecule has 0 spiro atoms. The molecule has 2 aromatic rings. The molecule has 3 aliphatic rings. The number of nitrogens with one attached hydrogen (secondary N) is 1. The van der Waals surface area contributed by atoms with Crippen molar-refractivity contribution in [3.05, 3.63) is 64.7 Å². The fraction of sp³-hybridized carbons (Fsp3) is 0.391. The second-order valence-corrected chi connectivity index (χ2v) is 8.00. The molecule has 2 aromatic carbocycles. The minimum Gasteiger partial charge on any atom is -0.485 e. The van der Waals surface area contributed by atoms with Crippen LogP contribution >= 0.6 is 0 Å². The Hall–Kier alpha value is -2.93. The largest absolute Gasteiger partial charge is 0.485 e. The van der Waals surface area contributed by atoms with Gasteiger partial charge in [0, 0.05) is 29.0 Å². The van der Waals surface area contributed by atoms with E-state index in [1.807, 2.05) is 30.3 Å². The number of ether oxygens (including phenoxy) is 3. The summed E-state index contributed by atoms with van der Waals surface area (Å²) in [6.07, 6.45) is -0.774. The molecule has 4 atom stereocenters. The number of carbonyl (C=O) groups is 2. The lowest BCUT2D eigenvalue weighted by atomic mass is 9.86. The summed E-state index contributed by atoms with van der Waals surface area (Å²) in [6.45, 7) is 0.604. The fourth-order valence-corrected chi connectivity index (χ4v) is 4.69. The Balaban J connectivity index is 1.54. The zero-order chi connectivity index (χ0) is 20.8. The summed E-state index contributed by atoms with van der Waals surface area (Å²) in [7, 11) is 1.27. The molecular formula is C23H22FNO5. The highest BCUT2D eigenvalue weighted by molar-refractivity contribution is 6.00. The number of hydrogen-bond donors (Lipinski definition) is 1.